The zero-order valence-electron chi connectivity index (χ0n) is 22.8. The average molecular weight is 629 g/mol. The summed E-state index contributed by atoms with van der Waals surface area (Å²) in [5, 5.41) is 18.5. The largest absolute Gasteiger partial charge is 0.497 e. The van der Waals surface area contributed by atoms with E-state index < -0.39 is 22.7 Å². The minimum atomic E-state index is -0.566. The Bertz CT molecular complexity index is 1920. The van der Waals surface area contributed by atoms with Crippen molar-refractivity contribution in [2.75, 3.05) is 12.4 Å². The lowest BCUT2D eigenvalue weighted by molar-refractivity contribution is -0.384. The number of benzene rings is 4. The van der Waals surface area contributed by atoms with E-state index in [1.807, 2.05) is 0 Å². The maximum Gasteiger partial charge on any atom is 0.343 e. The summed E-state index contributed by atoms with van der Waals surface area (Å²) < 4.78 is 11.1. The number of ether oxygens (including phenoxy) is 2. The van der Waals surface area contributed by atoms with Crippen LogP contribution in [0.4, 0.5) is 11.4 Å². The molecule has 13 heteroatoms. The topological polar surface area (TPSA) is 149 Å². The van der Waals surface area contributed by atoms with Gasteiger partial charge in [-0.2, -0.15) is 5.10 Å². The molecule has 0 atom stereocenters. The van der Waals surface area contributed by atoms with Crippen LogP contribution in [0.15, 0.2) is 96.1 Å². The summed E-state index contributed by atoms with van der Waals surface area (Å²) in [7, 11) is 1.53. The van der Waals surface area contributed by atoms with Crippen molar-refractivity contribution < 1.29 is 28.8 Å². The number of hydrazone groups is 1. The Labute approximate surface area is 258 Å². The molecule has 0 unspecified atom stereocenters. The summed E-state index contributed by atoms with van der Waals surface area (Å²) in [6.45, 7) is 0. The molecule has 2 amide bonds. The van der Waals surface area contributed by atoms with Crippen LogP contribution in [0.1, 0.15) is 36.0 Å². The smallest absolute Gasteiger partial charge is 0.343 e. The number of non-ortho nitro benzene ring substituents is 1. The molecule has 0 radical (unpaired) electrons. The van der Waals surface area contributed by atoms with Gasteiger partial charge in [-0.05, 0) is 66.7 Å². The maximum absolute atomic E-state index is 12.9. The number of rotatable bonds is 9. The molecule has 0 aliphatic rings. The van der Waals surface area contributed by atoms with Gasteiger partial charge in [0, 0.05) is 39.0 Å². The molecule has 5 aromatic rings. The van der Waals surface area contributed by atoms with E-state index >= 15 is 0 Å². The number of nitrogens with one attached hydrogen (secondary N) is 2. The van der Waals surface area contributed by atoms with Crippen LogP contribution in [0, 0.1) is 10.1 Å². The van der Waals surface area contributed by atoms with E-state index in [0.29, 0.717) is 32.6 Å². The minimum Gasteiger partial charge on any atom is -0.497 e. The number of hydrogen-bond donors (Lipinski definition) is 2. The molecule has 11 nitrogen and oxygen atoms in total. The number of nitro groups is 1. The Hall–Kier alpha value is -5.59. The number of nitro benzene ring substituents is 1. The van der Waals surface area contributed by atoms with Crippen LogP contribution in [0.2, 0.25) is 5.02 Å². The zero-order chi connectivity index (χ0) is 31.2. The number of carbonyl (C=O) groups excluding carboxylic acids is 3. The summed E-state index contributed by atoms with van der Waals surface area (Å²) in [5.74, 6) is -0.711. The number of nitrogens with zero attached hydrogens (tertiary/aromatic N) is 2. The van der Waals surface area contributed by atoms with Gasteiger partial charge >= 0.3 is 5.97 Å². The van der Waals surface area contributed by atoms with Crippen molar-refractivity contribution in [3.8, 4) is 11.5 Å². The Morgan fingerprint density at radius 3 is 2.34 bits per heavy atom. The van der Waals surface area contributed by atoms with Gasteiger partial charge in [0.2, 0.25) is 0 Å². The van der Waals surface area contributed by atoms with Crippen molar-refractivity contribution in [3.05, 3.63) is 128 Å². The molecular weight excluding hydrogens is 608 g/mol. The Balaban J connectivity index is 1.20. The molecule has 44 heavy (non-hydrogen) atoms. The highest BCUT2D eigenvalue weighted by atomic mass is 35.5. The highest BCUT2D eigenvalue weighted by molar-refractivity contribution is 7.21. The van der Waals surface area contributed by atoms with Crippen LogP contribution in [0.5, 0.6) is 11.5 Å². The molecule has 0 fully saturated rings. The van der Waals surface area contributed by atoms with Crippen molar-refractivity contribution in [2.24, 2.45) is 5.10 Å². The number of hydrogen-bond acceptors (Lipinski definition) is 9. The van der Waals surface area contributed by atoms with Gasteiger partial charge in [0.05, 0.1) is 28.8 Å². The van der Waals surface area contributed by atoms with Crippen molar-refractivity contribution >= 4 is 68.4 Å². The number of halogens is 1. The Morgan fingerprint density at radius 2 is 1.64 bits per heavy atom. The molecule has 4 aromatic carbocycles. The third-order valence-electron chi connectivity index (χ3n) is 6.25. The molecule has 0 aliphatic heterocycles. The zero-order valence-corrected chi connectivity index (χ0v) is 24.3. The average Bonchev–Trinajstić information content (AvgIpc) is 3.37. The monoisotopic (exact) mass is 628 g/mol. The number of amides is 2. The molecule has 220 valence electrons. The standard InChI is InChI=1S/C31H21ClN4O7S/c1-42-23-13-8-19(9-14-23)31(39)43-25-5-3-2-4-20(25)17-33-35-29(37)18-6-10-21(11-7-18)34-30(38)28-27(32)24-15-12-22(36(40)41)16-26(24)44-28/h2-17H,1H3,(H,34,38)(H,35,37)/b33-17-. The van der Waals surface area contributed by atoms with Crippen LogP contribution in [0.25, 0.3) is 10.1 Å². The molecule has 0 bridgehead atoms. The fourth-order valence-electron chi connectivity index (χ4n) is 4.00. The lowest BCUT2D eigenvalue weighted by Gasteiger charge is -2.08. The summed E-state index contributed by atoms with van der Waals surface area (Å²) in [6.07, 6.45) is 1.35. The first-order chi connectivity index (χ1) is 21.2. The van der Waals surface area contributed by atoms with E-state index in [2.05, 4.69) is 15.8 Å². The van der Waals surface area contributed by atoms with Gasteiger partial charge in [0.15, 0.2) is 0 Å². The molecule has 0 saturated heterocycles. The summed E-state index contributed by atoms with van der Waals surface area (Å²) >= 11 is 7.41. The van der Waals surface area contributed by atoms with E-state index in [9.17, 15) is 24.5 Å². The second-order valence-electron chi connectivity index (χ2n) is 9.07. The maximum atomic E-state index is 12.9. The molecule has 1 heterocycles. The number of carbonyl (C=O) groups is 3. The van der Waals surface area contributed by atoms with Crippen LogP contribution >= 0.6 is 22.9 Å². The normalized spacial score (nSPS) is 10.9. The van der Waals surface area contributed by atoms with Gasteiger partial charge in [-0.3, -0.25) is 19.7 Å². The fraction of sp³-hybridized carbons (Fsp3) is 0.0323. The van der Waals surface area contributed by atoms with Crippen molar-refractivity contribution in [1.29, 1.82) is 0 Å². The predicted molar refractivity (Wildman–Crippen MR) is 167 cm³/mol. The molecular formula is C31H21ClN4O7S. The number of para-hydroxylation sites is 1. The summed E-state index contributed by atoms with van der Waals surface area (Å²) in [5.41, 5.74) is 3.79. The van der Waals surface area contributed by atoms with Crippen LogP contribution < -0.4 is 20.2 Å². The first-order valence-electron chi connectivity index (χ1n) is 12.8. The van der Waals surface area contributed by atoms with Gasteiger partial charge in [0.1, 0.15) is 16.4 Å². The van der Waals surface area contributed by atoms with E-state index in [1.54, 1.807) is 48.5 Å². The van der Waals surface area contributed by atoms with Crippen LogP contribution in [0.3, 0.4) is 0 Å². The number of fused-ring (bicyclic) bond motifs is 1. The number of methoxy groups -OCH3 is 1. The summed E-state index contributed by atoms with van der Waals surface area (Å²) in [4.78, 5) is 48.8. The fourth-order valence-corrected chi connectivity index (χ4v) is 5.44. The van der Waals surface area contributed by atoms with E-state index in [0.717, 1.165) is 11.3 Å². The third-order valence-corrected chi connectivity index (χ3v) is 7.91. The van der Waals surface area contributed by atoms with Gasteiger partial charge < -0.3 is 14.8 Å². The van der Waals surface area contributed by atoms with Gasteiger partial charge in [0.25, 0.3) is 17.5 Å². The van der Waals surface area contributed by atoms with E-state index in [4.69, 9.17) is 21.1 Å². The second-order valence-corrected chi connectivity index (χ2v) is 10.5. The molecule has 2 N–H and O–H groups in total. The number of thiophene rings is 1. The predicted octanol–water partition coefficient (Wildman–Crippen LogP) is 6.71. The summed E-state index contributed by atoms with van der Waals surface area (Å²) in [6, 6.07) is 23.5. The molecule has 1 aromatic heterocycles. The van der Waals surface area contributed by atoms with Gasteiger partial charge in [-0.15, -0.1) is 11.3 Å². The highest BCUT2D eigenvalue weighted by Crippen LogP contribution is 2.37. The van der Waals surface area contributed by atoms with E-state index in [-0.39, 0.29) is 26.9 Å². The Morgan fingerprint density at radius 1 is 0.932 bits per heavy atom. The van der Waals surface area contributed by atoms with Crippen molar-refractivity contribution in [1.82, 2.24) is 5.43 Å². The Kier molecular flexibility index (Phi) is 8.93. The quantitative estimate of drug-likeness (QED) is 0.0606. The van der Waals surface area contributed by atoms with Crippen molar-refractivity contribution in [3.63, 3.8) is 0 Å². The lowest BCUT2D eigenvalue weighted by atomic mass is 10.2. The molecule has 5 rings (SSSR count). The van der Waals surface area contributed by atoms with Crippen LogP contribution in [-0.2, 0) is 0 Å². The van der Waals surface area contributed by atoms with Crippen LogP contribution in [-0.4, -0.2) is 36.0 Å². The molecule has 0 saturated carbocycles. The first-order valence-corrected chi connectivity index (χ1v) is 14.0. The van der Waals surface area contributed by atoms with Gasteiger partial charge in [-0.1, -0.05) is 23.7 Å². The lowest BCUT2D eigenvalue weighted by Crippen LogP contribution is -2.18. The van der Waals surface area contributed by atoms with Crippen molar-refractivity contribution in [2.45, 2.75) is 0 Å². The molecule has 0 spiro atoms. The third kappa shape index (κ3) is 6.72. The first kappa shape index (κ1) is 29.9. The number of anilines is 1. The minimum absolute atomic E-state index is 0.0991. The van der Waals surface area contributed by atoms with Gasteiger partial charge in [-0.25, -0.2) is 10.2 Å². The van der Waals surface area contributed by atoms with E-state index in [1.165, 1.54) is 55.8 Å². The molecule has 0 aliphatic carbocycles. The SMILES string of the molecule is COc1ccc(C(=O)Oc2ccccc2/C=N\NC(=O)c2ccc(NC(=O)c3sc4cc([N+](=O)[O-])ccc4c3Cl)cc2)cc1. The second kappa shape index (κ2) is 13.2. The number of esters is 1. The highest BCUT2D eigenvalue weighted by Gasteiger charge is 2.19.